The first-order chi connectivity index (χ1) is 30.3. The number of H-pyrrole nitrogens is 1. The molecule has 17 heteroatoms. The molecule has 3 N–H and O–H groups in total. The summed E-state index contributed by atoms with van der Waals surface area (Å²) in [5, 5.41) is 6.11. The molecule has 12 nitrogen and oxygen atoms in total. The van der Waals surface area contributed by atoms with Crippen molar-refractivity contribution in [1.82, 2.24) is 10.3 Å². The number of phosphoric ester groups is 1. The fraction of sp³-hybridized carbons (Fsp3) is 0.489. The molecule has 1 aliphatic rings. The number of amides is 2. The number of aromatic nitrogens is 1. The Morgan fingerprint density at radius 1 is 0.859 bits per heavy atom. The lowest BCUT2D eigenvalue weighted by molar-refractivity contribution is -0.138. The van der Waals surface area contributed by atoms with Crippen LogP contribution in [0.1, 0.15) is 96.0 Å². The predicted molar refractivity (Wildman–Crippen MR) is 235 cm³/mol. The maximum absolute atomic E-state index is 15.1. The second-order valence-electron chi connectivity index (χ2n) is 16.4. The molecule has 0 saturated heterocycles. The van der Waals surface area contributed by atoms with Gasteiger partial charge < -0.3 is 24.9 Å². The van der Waals surface area contributed by atoms with Crippen LogP contribution in [0.25, 0.3) is 10.9 Å². The van der Waals surface area contributed by atoms with Crippen molar-refractivity contribution in [2.75, 3.05) is 25.6 Å². The Labute approximate surface area is 371 Å². The summed E-state index contributed by atoms with van der Waals surface area (Å²) in [7, 11) is -2.70. The van der Waals surface area contributed by atoms with Crippen LogP contribution in [-0.4, -0.2) is 54.2 Å². The molecule has 5 rings (SSSR count). The summed E-state index contributed by atoms with van der Waals surface area (Å²) < 4.78 is 92.1. The normalized spacial score (nSPS) is 17.2. The second-order valence-corrected chi connectivity index (χ2v) is 18.0. The van der Waals surface area contributed by atoms with Gasteiger partial charge in [-0.3, -0.25) is 28.2 Å². The number of aryl methyl sites for hydroxylation is 1. The number of ketones is 2. The topological polar surface area (TPSA) is 162 Å². The Morgan fingerprint density at radius 2 is 1.52 bits per heavy atom. The first-order valence-electron chi connectivity index (χ1n) is 21.7. The second kappa shape index (κ2) is 21.3. The molecule has 1 aromatic heterocycles. The van der Waals surface area contributed by atoms with Crippen LogP contribution in [-0.2, 0) is 58.2 Å². The standard InChI is InChI=1S/C47H58F4N3O9P/c1-8-28(5)34(25-32(55)23-30-15-12-13-18-38(30)48)45(58)54-46(22-21-39-36(27-46)33-16-14-17-37(43(33)53-39)47(49,50)51)42(56)26-35(29(6)9-2)44(57)52-31-19-20-40(60-7)41(24-31)63-64(59,61-10-3)62-11-4/h12-20,24,28-29,34-35,53H,8-11,21-23,25-27H2,1-7H3,(H,52,57)(H,54,58)/t28?,29?,34-,35-,46+/m0/s1. The summed E-state index contributed by atoms with van der Waals surface area (Å²) in [4.78, 5) is 60.4. The summed E-state index contributed by atoms with van der Waals surface area (Å²) in [6.07, 6.45) is -4.67. The largest absolute Gasteiger partial charge is 0.530 e. The molecule has 2 unspecified atom stereocenters. The van der Waals surface area contributed by atoms with Crippen LogP contribution in [0.5, 0.6) is 11.5 Å². The number of nitrogens with one attached hydrogen (secondary N) is 3. The van der Waals surface area contributed by atoms with E-state index in [0.717, 1.165) is 6.07 Å². The molecule has 5 atom stereocenters. The van der Waals surface area contributed by atoms with Gasteiger partial charge in [-0.2, -0.15) is 13.2 Å². The van der Waals surface area contributed by atoms with E-state index in [-0.39, 0.29) is 103 Å². The molecule has 64 heavy (non-hydrogen) atoms. The highest BCUT2D eigenvalue weighted by atomic mass is 31.2. The zero-order valence-electron chi connectivity index (χ0n) is 37.3. The smallest absolute Gasteiger partial charge is 0.493 e. The summed E-state index contributed by atoms with van der Waals surface area (Å²) in [6, 6.07) is 14.1. The van der Waals surface area contributed by atoms with E-state index < -0.39 is 60.4 Å². The van der Waals surface area contributed by atoms with Gasteiger partial charge in [-0.25, -0.2) is 8.96 Å². The van der Waals surface area contributed by atoms with Gasteiger partial charge in [0.15, 0.2) is 17.3 Å². The van der Waals surface area contributed by atoms with Crippen molar-refractivity contribution in [3.8, 4) is 11.5 Å². The Kier molecular flexibility index (Phi) is 16.6. The van der Waals surface area contributed by atoms with Crippen molar-refractivity contribution in [2.45, 2.75) is 105 Å². The van der Waals surface area contributed by atoms with Crippen LogP contribution in [0.4, 0.5) is 23.2 Å². The van der Waals surface area contributed by atoms with Gasteiger partial charge in [0.2, 0.25) is 11.8 Å². The summed E-state index contributed by atoms with van der Waals surface area (Å²) in [6.45, 7) is 10.6. The number of phosphoric acid groups is 1. The van der Waals surface area contributed by atoms with E-state index in [2.05, 4.69) is 15.6 Å². The van der Waals surface area contributed by atoms with Crippen LogP contribution < -0.4 is 19.9 Å². The van der Waals surface area contributed by atoms with E-state index in [4.69, 9.17) is 18.3 Å². The van der Waals surface area contributed by atoms with Gasteiger partial charge in [-0.05, 0) is 73.9 Å². The number of carbonyl (C=O) groups is 4. The highest BCUT2D eigenvalue weighted by Gasteiger charge is 2.47. The Bertz CT molecular complexity index is 2360. The van der Waals surface area contributed by atoms with Gasteiger partial charge >= 0.3 is 14.0 Å². The number of Topliss-reactive ketones (excluding diaryl/α,β-unsaturated/α-hetero) is 2. The van der Waals surface area contributed by atoms with Crippen molar-refractivity contribution in [1.29, 1.82) is 0 Å². The molecule has 3 aromatic carbocycles. The number of hydrogen-bond donors (Lipinski definition) is 3. The monoisotopic (exact) mass is 915 g/mol. The number of halogens is 4. The minimum absolute atomic E-state index is 0.0110. The molecular weight excluding hydrogens is 857 g/mol. The quantitative estimate of drug-likeness (QED) is 0.0515. The number of para-hydroxylation sites is 1. The van der Waals surface area contributed by atoms with E-state index >= 15 is 4.79 Å². The molecule has 4 aromatic rings. The van der Waals surface area contributed by atoms with Crippen molar-refractivity contribution in [3.63, 3.8) is 0 Å². The van der Waals surface area contributed by atoms with Crippen LogP contribution in [0.2, 0.25) is 0 Å². The van der Waals surface area contributed by atoms with Crippen LogP contribution in [0, 0.1) is 29.5 Å². The first kappa shape index (κ1) is 50.0. The fourth-order valence-electron chi connectivity index (χ4n) is 8.28. The molecule has 0 radical (unpaired) electrons. The highest BCUT2D eigenvalue weighted by Crippen LogP contribution is 2.52. The predicted octanol–water partition coefficient (Wildman–Crippen LogP) is 10.4. The molecule has 2 amide bonds. The first-order valence-corrected chi connectivity index (χ1v) is 23.2. The van der Waals surface area contributed by atoms with Gasteiger partial charge in [0, 0.05) is 60.4 Å². The van der Waals surface area contributed by atoms with Crippen LogP contribution in [0.15, 0.2) is 60.7 Å². The molecule has 348 valence electrons. The average Bonchev–Trinajstić information content (AvgIpc) is 3.62. The van der Waals surface area contributed by atoms with Gasteiger partial charge in [0.05, 0.1) is 31.4 Å². The maximum atomic E-state index is 15.1. The van der Waals surface area contributed by atoms with Crippen molar-refractivity contribution in [2.24, 2.45) is 23.7 Å². The van der Waals surface area contributed by atoms with E-state index in [1.54, 1.807) is 26.8 Å². The number of ether oxygens (including phenoxy) is 1. The molecule has 1 aliphatic carbocycles. The lowest BCUT2D eigenvalue weighted by Crippen LogP contribution is -2.60. The Morgan fingerprint density at radius 3 is 2.12 bits per heavy atom. The number of carbonyl (C=O) groups excluding carboxylic acids is 4. The fourth-order valence-corrected chi connectivity index (χ4v) is 9.47. The lowest BCUT2D eigenvalue weighted by atomic mass is 9.72. The molecule has 0 aliphatic heterocycles. The van der Waals surface area contributed by atoms with Crippen LogP contribution >= 0.6 is 7.82 Å². The number of alkyl halides is 3. The summed E-state index contributed by atoms with van der Waals surface area (Å²) >= 11 is 0. The zero-order valence-corrected chi connectivity index (χ0v) is 38.2. The highest BCUT2D eigenvalue weighted by molar-refractivity contribution is 7.48. The maximum Gasteiger partial charge on any atom is 0.530 e. The molecule has 1 heterocycles. The van der Waals surface area contributed by atoms with Crippen molar-refractivity contribution >= 4 is 47.8 Å². The third-order valence-electron chi connectivity index (χ3n) is 12.3. The van der Waals surface area contributed by atoms with E-state index in [9.17, 15) is 36.5 Å². The van der Waals surface area contributed by atoms with Crippen molar-refractivity contribution < 1.29 is 59.6 Å². The Balaban J connectivity index is 1.51. The zero-order chi connectivity index (χ0) is 47.0. The number of rotatable bonds is 22. The Hall–Kier alpha value is -5.05. The van der Waals surface area contributed by atoms with Gasteiger partial charge in [-0.1, -0.05) is 70.9 Å². The molecule has 0 fully saturated rings. The summed E-state index contributed by atoms with van der Waals surface area (Å²) in [5.41, 5.74) is -1.38. The lowest BCUT2D eigenvalue weighted by Gasteiger charge is -2.39. The van der Waals surface area contributed by atoms with E-state index in [1.807, 2.05) is 20.8 Å². The SMILES string of the molecule is CCOP(=O)(OCC)Oc1cc(NC(=O)[C@@H](CC(=O)[C@@]2(NC(=O)[C@@H](CC(=O)Cc3ccccc3F)C(C)CC)CCc3[nH]c4c(C(F)(F)F)cccc4c3C2)C(C)CC)ccc1OC. The molecule has 0 saturated carbocycles. The average molecular weight is 916 g/mol. The number of aromatic amines is 1. The number of benzene rings is 3. The molecule has 0 spiro atoms. The molecule has 0 bridgehead atoms. The van der Waals surface area contributed by atoms with Crippen LogP contribution in [0.3, 0.4) is 0 Å². The number of fused-ring (bicyclic) bond motifs is 3. The number of anilines is 1. The van der Waals surface area contributed by atoms with E-state index in [1.165, 1.54) is 55.6 Å². The third-order valence-corrected chi connectivity index (χ3v) is 13.8. The van der Waals surface area contributed by atoms with E-state index in [0.29, 0.717) is 24.1 Å². The number of hydrogen-bond acceptors (Lipinski definition) is 9. The van der Waals surface area contributed by atoms with Gasteiger partial charge in [-0.15, -0.1) is 0 Å². The summed E-state index contributed by atoms with van der Waals surface area (Å²) in [5.74, 6) is -5.11. The minimum Gasteiger partial charge on any atom is -0.493 e. The van der Waals surface area contributed by atoms with Gasteiger partial charge in [0.1, 0.15) is 17.1 Å². The third kappa shape index (κ3) is 11.6. The molecular formula is C47H58F4N3O9P. The van der Waals surface area contributed by atoms with Crippen molar-refractivity contribution in [3.05, 3.63) is 88.9 Å². The minimum atomic E-state index is -4.67. The number of methoxy groups -OCH3 is 1. The van der Waals surface area contributed by atoms with Gasteiger partial charge in [0.25, 0.3) is 0 Å².